The largest absolute Gasteiger partial charge is 0.313 e. The highest BCUT2D eigenvalue weighted by atomic mass is 35.5. The Kier molecular flexibility index (Phi) is 4.59. The van der Waals surface area contributed by atoms with Gasteiger partial charge in [0.2, 0.25) is 0 Å². The fraction of sp³-hybridized carbons (Fsp3) is 0.647. The quantitative estimate of drug-likeness (QED) is 0.771. The van der Waals surface area contributed by atoms with Crippen molar-refractivity contribution in [2.45, 2.75) is 54.8 Å². The van der Waals surface area contributed by atoms with Crippen molar-refractivity contribution in [3.63, 3.8) is 0 Å². The molecule has 1 fully saturated rings. The van der Waals surface area contributed by atoms with E-state index in [1.165, 1.54) is 24.8 Å². The predicted octanol–water partition coefficient (Wildman–Crippen LogP) is 4.84. The SMILES string of the molecule is CN[C@H]1CCC(C2CCC(Cl)C(Cl)C2)c2ccccc21. The minimum absolute atomic E-state index is 0.143. The van der Waals surface area contributed by atoms with Gasteiger partial charge in [0.05, 0.1) is 5.38 Å². The van der Waals surface area contributed by atoms with Gasteiger partial charge in [0.1, 0.15) is 0 Å². The first-order valence-electron chi connectivity index (χ1n) is 7.75. The second kappa shape index (κ2) is 6.25. The molecular weight excluding hydrogens is 289 g/mol. The van der Waals surface area contributed by atoms with E-state index in [0.717, 1.165) is 12.8 Å². The topological polar surface area (TPSA) is 12.0 Å². The number of halogens is 2. The molecule has 110 valence electrons. The van der Waals surface area contributed by atoms with Crippen LogP contribution < -0.4 is 5.32 Å². The summed E-state index contributed by atoms with van der Waals surface area (Å²) in [6.07, 6.45) is 5.85. The summed E-state index contributed by atoms with van der Waals surface area (Å²) in [5.74, 6) is 1.37. The van der Waals surface area contributed by atoms with Crippen molar-refractivity contribution in [1.29, 1.82) is 0 Å². The number of hydrogen-bond acceptors (Lipinski definition) is 1. The standard InChI is InChI=1S/C17H23Cl2N/c1-20-17-9-7-12(13-4-2-3-5-14(13)17)11-6-8-15(18)16(19)10-11/h2-5,11-12,15-17,20H,6-10H2,1H3/t11?,12?,15?,16?,17-/m0/s1. The van der Waals surface area contributed by atoms with Crippen LogP contribution in [0.4, 0.5) is 0 Å². The Morgan fingerprint density at radius 1 is 0.950 bits per heavy atom. The molecule has 1 saturated carbocycles. The summed E-state index contributed by atoms with van der Waals surface area (Å²) in [5.41, 5.74) is 3.03. The molecule has 0 amide bonds. The molecule has 0 aromatic heterocycles. The van der Waals surface area contributed by atoms with Crippen molar-refractivity contribution in [3.8, 4) is 0 Å². The summed E-state index contributed by atoms with van der Waals surface area (Å²) in [5, 5.41) is 3.76. The molecule has 1 aromatic carbocycles. The molecule has 20 heavy (non-hydrogen) atoms. The fourth-order valence-electron chi connectivity index (χ4n) is 4.09. The van der Waals surface area contributed by atoms with Crippen LogP contribution >= 0.6 is 23.2 Å². The molecule has 0 aliphatic heterocycles. The third-order valence-electron chi connectivity index (χ3n) is 5.19. The maximum absolute atomic E-state index is 6.42. The Hall–Kier alpha value is -0.240. The molecule has 0 radical (unpaired) electrons. The van der Waals surface area contributed by atoms with E-state index < -0.39 is 0 Å². The summed E-state index contributed by atoms with van der Waals surface area (Å²) in [7, 11) is 2.06. The average molecular weight is 312 g/mol. The number of fused-ring (bicyclic) bond motifs is 1. The highest BCUT2D eigenvalue weighted by Crippen LogP contribution is 2.47. The van der Waals surface area contributed by atoms with Gasteiger partial charge in [0.15, 0.2) is 0 Å². The first-order chi connectivity index (χ1) is 9.70. The molecule has 0 heterocycles. The van der Waals surface area contributed by atoms with Crippen molar-refractivity contribution in [1.82, 2.24) is 5.32 Å². The number of nitrogens with one attached hydrogen (secondary N) is 1. The highest BCUT2D eigenvalue weighted by Gasteiger charge is 2.36. The Bertz CT molecular complexity index is 462. The predicted molar refractivity (Wildman–Crippen MR) is 86.8 cm³/mol. The van der Waals surface area contributed by atoms with Gasteiger partial charge in [0.25, 0.3) is 0 Å². The van der Waals surface area contributed by atoms with Crippen LogP contribution in [0, 0.1) is 5.92 Å². The van der Waals surface area contributed by atoms with Crippen molar-refractivity contribution >= 4 is 23.2 Å². The molecule has 2 aliphatic rings. The summed E-state index contributed by atoms with van der Waals surface area (Å²) < 4.78 is 0. The van der Waals surface area contributed by atoms with Crippen LogP contribution in [-0.4, -0.2) is 17.8 Å². The maximum Gasteiger partial charge on any atom is 0.0502 e. The number of hydrogen-bond donors (Lipinski definition) is 1. The minimum atomic E-state index is 0.143. The second-order valence-corrected chi connectivity index (χ2v) is 7.38. The monoisotopic (exact) mass is 311 g/mol. The van der Waals surface area contributed by atoms with E-state index in [9.17, 15) is 0 Å². The molecule has 3 rings (SSSR count). The highest BCUT2D eigenvalue weighted by molar-refractivity contribution is 6.30. The van der Waals surface area contributed by atoms with Crippen LogP contribution in [0.3, 0.4) is 0 Å². The summed E-state index contributed by atoms with van der Waals surface area (Å²) in [6.45, 7) is 0. The van der Waals surface area contributed by atoms with Gasteiger partial charge in [-0.2, -0.15) is 0 Å². The van der Waals surface area contributed by atoms with Gasteiger partial charge >= 0.3 is 0 Å². The van der Waals surface area contributed by atoms with Gasteiger partial charge in [-0.25, -0.2) is 0 Å². The molecule has 4 unspecified atom stereocenters. The van der Waals surface area contributed by atoms with E-state index in [4.69, 9.17) is 23.2 Å². The molecule has 1 N–H and O–H groups in total. The second-order valence-electron chi connectivity index (χ2n) is 6.26. The number of benzene rings is 1. The lowest BCUT2D eigenvalue weighted by atomic mass is 9.69. The van der Waals surface area contributed by atoms with Gasteiger partial charge in [0, 0.05) is 11.4 Å². The van der Waals surface area contributed by atoms with E-state index in [1.54, 1.807) is 5.56 Å². The van der Waals surface area contributed by atoms with E-state index in [2.05, 4.69) is 36.6 Å². The molecule has 0 bridgehead atoms. The summed E-state index contributed by atoms with van der Waals surface area (Å²) in [4.78, 5) is 0. The zero-order chi connectivity index (χ0) is 14.1. The first kappa shape index (κ1) is 14.7. The smallest absolute Gasteiger partial charge is 0.0502 e. The molecule has 3 heteroatoms. The van der Waals surface area contributed by atoms with Crippen LogP contribution in [-0.2, 0) is 0 Å². The average Bonchev–Trinajstić information content (AvgIpc) is 2.49. The zero-order valence-corrected chi connectivity index (χ0v) is 13.5. The van der Waals surface area contributed by atoms with Crippen LogP contribution in [0.25, 0.3) is 0 Å². The van der Waals surface area contributed by atoms with Gasteiger partial charge in [-0.15, -0.1) is 23.2 Å². The fourth-order valence-corrected chi connectivity index (χ4v) is 4.67. The first-order valence-corrected chi connectivity index (χ1v) is 8.62. The molecular formula is C17H23Cl2N. The Balaban J connectivity index is 1.84. The zero-order valence-electron chi connectivity index (χ0n) is 12.0. The number of alkyl halides is 2. The van der Waals surface area contributed by atoms with Gasteiger partial charge in [-0.05, 0) is 62.1 Å². The lowest BCUT2D eigenvalue weighted by molar-refractivity contribution is 0.276. The summed E-state index contributed by atoms with van der Waals surface area (Å²) in [6, 6.07) is 9.45. The van der Waals surface area contributed by atoms with E-state index in [0.29, 0.717) is 17.9 Å². The van der Waals surface area contributed by atoms with Gasteiger partial charge in [-0.3, -0.25) is 0 Å². The van der Waals surface area contributed by atoms with Crippen molar-refractivity contribution in [2.24, 2.45) is 5.92 Å². The van der Waals surface area contributed by atoms with Crippen LogP contribution in [0.1, 0.15) is 55.2 Å². The van der Waals surface area contributed by atoms with Gasteiger partial charge < -0.3 is 5.32 Å². The normalized spacial score (nSPS) is 37.5. The van der Waals surface area contributed by atoms with Gasteiger partial charge in [-0.1, -0.05) is 24.3 Å². The van der Waals surface area contributed by atoms with Crippen LogP contribution in [0.2, 0.25) is 0 Å². The Morgan fingerprint density at radius 2 is 1.70 bits per heavy atom. The van der Waals surface area contributed by atoms with Crippen LogP contribution in [0.15, 0.2) is 24.3 Å². The van der Waals surface area contributed by atoms with E-state index >= 15 is 0 Å². The van der Waals surface area contributed by atoms with Crippen molar-refractivity contribution in [3.05, 3.63) is 35.4 Å². The van der Waals surface area contributed by atoms with E-state index in [-0.39, 0.29) is 10.8 Å². The molecule has 0 saturated heterocycles. The molecule has 0 spiro atoms. The van der Waals surface area contributed by atoms with Crippen molar-refractivity contribution in [2.75, 3.05) is 7.05 Å². The summed E-state index contributed by atoms with van der Waals surface area (Å²) >= 11 is 12.7. The Labute approximate surface area is 132 Å². The third-order valence-corrected chi connectivity index (χ3v) is 6.32. The molecule has 1 nitrogen and oxygen atoms in total. The van der Waals surface area contributed by atoms with Crippen molar-refractivity contribution < 1.29 is 0 Å². The molecule has 2 aliphatic carbocycles. The van der Waals surface area contributed by atoms with E-state index in [1.807, 2.05) is 0 Å². The third kappa shape index (κ3) is 2.73. The lowest BCUT2D eigenvalue weighted by Gasteiger charge is -2.39. The van der Waals surface area contributed by atoms with Crippen LogP contribution in [0.5, 0.6) is 0 Å². The minimum Gasteiger partial charge on any atom is -0.313 e. The Morgan fingerprint density at radius 3 is 2.40 bits per heavy atom. The maximum atomic E-state index is 6.42. The molecule has 1 aromatic rings. The molecule has 5 atom stereocenters. The number of rotatable bonds is 2. The lowest BCUT2D eigenvalue weighted by Crippen LogP contribution is -2.32.